The minimum atomic E-state index is -1.44. The van der Waals surface area contributed by atoms with Gasteiger partial charge in [-0.15, -0.1) is 0 Å². The van der Waals surface area contributed by atoms with Crippen molar-refractivity contribution in [3.8, 4) is 0 Å². The van der Waals surface area contributed by atoms with E-state index in [1.807, 2.05) is 56.4 Å². The number of carbonyl (C=O) groups excluding carboxylic acids is 2. The van der Waals surface area contributed by atoms with Crippen molar-refractivity contribution in [1.82, 2.24) is 14.8 Å². The van der Waals surface area contributed by atoms with Crippen molar-refractivity contribution < 1.29 is 29.3 Å². The third-order valence-electron chi connectivity index (χ3n) is 9.79. The van der Waals surface area contributed by atoms with E-state index in [2.05, 4.69) is 16.8 Å². The zero-order valence-electron chi connectivity index (χ0n) is 28.2. The average Bonchev–Trinajstić information content (AvgIpc) is 3.34. The molecule has 1 aromatic rings. The van der Waals surface area contributed by atoms with Crippen molar-refractivity contribution in [3.63, 3.8) is 0 Å². The first-order valence-electron chi connectivity index (χ1n) is 17.3. The maximum atomic E-state index is 13.4. The lowest BCUT2D eigenvalue weighted by molar-refractivity contribution is -0.151. The summed E-state index contributed by atoms with van der Waals surface area (Å²) in [6.45, 7) is 11.1. The van der Waals surface area contributed by atoms with E-state index in [0.29, 0.717) is 19.1 Å². The fraction of sp³-hybridized carbons (Fsp3) is 0.649. The highest BCUT2D eigenvalue weighted by Gasteiger charge is 2.37. The highest BCUT2D eigenvalue weighted by Crippen LogP contribution is 2.28. The van der Waals surface area contributed by atoms with Crippen molar-refractivity contribution in [2.45, 2.75) is 121 Å². The van der Waals surface area contributed by atoms with Crippen LogP contribution in [0.2, 0.25) is 0 Å². The Balaban J connectivity index is 1.45. The SMILES string of the molecule is C/C(=C\C=C\C(C)c1ccccn1)[C@H]1OC(=O)C[C@@H](O)CC[C@](C)(O)[C@@H](OC(=O)N2CCC(N3CCCCCC3)CC2)/C=C/[C@@H]1C. The van der Waals surface area contributed by atoms with E-state index in [9.17, 15) is 19.8 Å². The van der Waals surface area contributed by atoms with Crippen LogP contribution in [0, 0.1) is 5.92 Å². The molecule has 0 aromatic carbocycles. The Morgan fingerprint density at radius 1 is 1.11 bits per heavy atom. The van der Waals surface area contributed by atoms with Gasteiger partial charge in [0.2, 0.25) is 0 Å². The van der Waals surface area contributed by atoms with Crippen LogP contribution in [0.4, 0.5) is 4.79 Å². The number of pyridine rings is 1. The fourth-order valence-electron chi connectivity index (χ4n) is 6.72. The number of aliphatic hydroxyl groups is 2. The minimum Gasteiger partial charge on any atom is -0.457 e. The molecule has 254 valence electrons. The number of piperidine rings is 1. The quantitative estimate of drug-likeness (QED) is 0.224. The Kier molecular flexibility index (Phi) is 13.4. The van der Waals surface area contributed by atoms with Crippen LogP contribution in [0.5, 0.6) is 0 Å². The van der Waals surface area contributed by atoms with E-state index in [4.69, 9.17) is 9.47 Å². The Morgan fingerprint density at radius 3 is 2.50 bits per heavy atom. The Hall–Kier alpha value is -3.01. The van der Waals surface area contributed by atoms with E-state index in [1.165, 1.54) is 25.7 Å². The molecule has 9 heteroatoms. The number of amides is 1. The molecule has 1 amide bonds. The third kappa shape index (κ3) is 10.5. The molecule has 0 saturated carbocycles. The summed E-state index contributed by atoms with van der Waals surface area (Å²) in [7, 11) is 0. The average molecular weight is 638 g/mol. The Morgan fingerprint density at radius 2 is 1.83 bits per heavy atom. The number of hydrogen-bond donors (Lipinski definition) is 2. The molecule has 0 radical (unpaired) electrons. The summed E-state index contributed by atoms with van der Waals surface area (Å²) in [4.78, 5) is 35.0. The van der Waals surface area contributed by atoms with Crippen molar-refractivity contribution in [2.75, 3.05) is 26.2 Å². The molecule has 4 heterocycles. The van der Waals surface area contributed by atoms with Crippen LogP contribution in [-0.2, 0) is 14.3 Å². The fourth-order valence-corrected chi connectivity index (χ4v) is 6.72. The van der Waals surface area contributed by atoms with Gasteiger partial charge in [0.1, 0.15) is 11.7 Å². The molecule has 2 saturated heterocycles. The van der Waals surface area contributed by atoms with Gasteiger partial charge < -0.3 is 29.5 Å². The Bertz CT molecular complexity index is 1200. The number of aromatic nitrogens is 1. The van der Waals surface area contributed by atoms with Gasteiger partial charge in [0.15, 0.2) is 6.10 Å². The van der Waals surface area contributed by atoms with E-state index >= 15 is 0 Å². The molecule has 3 aliphatic rings. The van der Waals surface area contributed by atoms with Gasteiger partial charge in [-0.2, -0.15) is 0 Å². The number of rotatable bonds is 6. The summed E-state index contributed by atoms with van der Waals surface area (Å²) in [5.41, 5.74) is 0.349. The smallest absolute Gasteiger partial charge is 0.410 e. The maximum Gasteiger partial charge on any atom is 0.410 e. The van der Waals surface area contributed by atoms with E-state index in [1.54, 1.807) is 24.1 Å². The summed E-state index contributed by atoms with van der Waals surface area (Å²) >= 11 is 0. The number of likely N-dealkylation sites (tertiary alicyclic amines) is 2. The number of nitrogens with zero attached hydrogens (tertiary/aromatic N) is 3. The number of aliphatic hydroxyl groups excluding tert-OH is 1. The highest BCUT2D eigenvalue weighted by molar-refractivity contribution is 5.70. The summed E-state index contributed by atoms with van der Waals surface area (Å²) in [6.07, 6.45) is 15.3. The van der Waals surface area contributed by atoms with Crippen LogP contribution in [0.25, 0.3) is 0 Å². The van der Waals surface area contributed by atoms with Gasteiger partial charge in [-0.3, -0.25) is 9.78 Å². The van der Waals surface area contributed by atoms with Crippen LogP contribution in [0.15, 0.2) is 60.3 Å². The summed E-state index contributed by atoms with van der Waals surface area (Å²) in [5.74, 6) is -0.683. The van der Waals surface area contributed by atoms with E-state index in [0.717, 1.165) is 37.2 Å². The molecular weight excluding hydrogens is 582 g/mol. The Labute approximate surface area is 275 Å². The van der Waals surface area contributed by atoms with Crippen molar-refractivity contribution in [1.29, 1.82) is 0 Å². The zero-order chi connectivity index (χ0) is 33.1. The molecule has 0 spiro atoms. The molecule has 6 atom stereocenters. The highest BCUT2D eigenvalue weighted by atomic mass is 16.6. The van der Waals surface area contributed by atoms with Crippen molar-refractivity contribution in [2.24, 2.45) is 5.92 Å². The summed E-state index contributed by atoms with van der Waals surface area (Å²) in [6, 6.07) is 6.33. The lowest BCUT2D eigenvalue weighted by Crippen LogP contribution is -2.49. The monoisotopic (exact) mass is 637 g/mol. The van der Waals surface area contributed by atoms with Gasteiger partial charge >= 0.3 is 12.1 Å². The molecule has 3 aliphatic heterocycles. The minimum absolute atomic E-state index is 0.106. The van der Waals surface area contributed by atoms with Crippen LogP contribution >= 0.6 is 0 Å². The second-order valence-corrected chi connectivity index (χ2v) is 13.7. The summed E-state index contributed by atoms with van der Waals surface area (Å²) in [5, 5.41) is 22.1. The molecule has 1 aromatic heterocycles. The number of hydrogen-bond acceptors (Lipinski definition) is 8. The van der Waals surface area contributed by atoms with Crippen LogP contribution in [0.1, 0.15) is 97.1 Å². The first-order chi connectivity index (χ1) is 22.0. The molecule has 1 unspecified atom stereocenters. The van der Waals surface area contributed by atoms with Gasteiger partial charge in [0, 0.05) is 42.9 Å². The number of esters is 1. The standard InChI is InChI=1S/C37H55N3O6/c1-27(32-14-7-8-21-38-32)12-11-13-28(2)35-29(3)15-16-33(37(4,44)20-17-31(41)26-34(42)46-35)45-36(43)40-24-18-30(19-25-40)39-22-9-5-6-10-23-39/h7-8,11-16,21,27,29-31,33,35,41,44H,5-6,9-10,17-20,22-26H2,1-4H3/b12-11+,16-15+,28-13+/t27?,29-,31-,33-,35+,37-/m0/s1. The van der Waals surface area contributed by atoms with Gasteiger partial charge in [-0.25, -0.2) is 4.79 Å². The first-order valence-corrected chi connectivity index (χ1v) is 17.3. The van der Waals surface area contributed by atoms with E-state index < -0.39 is 36.0 Å². The molecule has 9 nitrogen and oxygen atoms in total. The van der Waals surface area contributed by atoms with Crippen LogP contribution < -0.4 is 0 Å². The van der Waals surface area contributed by atoms with Crippen LogP contribution in [-0.4, -0.2) is 93.2 Å². The van der Waals surface area contributed by atoms with Gasteiger partial charge in [-0.05, 0) is 89.2 Å². The topological polar surface area (TPSA) is 112 Å². The zero-order valence-corrected chi connectivity index (χ0v) is 28.2. The number of carbonyl (C=O) groups is 2. The van der Waals surface area contributed by atoms with Crippen molar-refractivity contribution in [3.05, 3.63) is 66.0 Å². The predicted octanol–water partition coefficient (Wildman–Crippen LogP) is 5.93. The lowest BCUT2D eigenvalue weighted by atomic mass is 9.88. The molecule has 2 fully saturated rings. The van der Waals surface area contributed by atoms with Gasteiger partial charge in [0.05, 0.1) is 12.5 Å². The molecule has 0 bridgehead atoms. The number of allylic oxidation sites excluding steroid dienone is 3. The van der Waals surface area contributed by atoms with Crippen molar-refractivity contribution >= 4 is 12.1 Å². The normalized spacial score (nSPS) is 31.3. The summed E-state index contributed by atoms with van der Waals surface area (Å²) < 4.78 is 11.9. The predicted molar refractivity (Wildman–Crippen MR) is 179 cm³/mol. The number of cyclic esters (lactones) is 1. The molecule has 0 aliphatic carbocycles. The van der Waals surface area contributed by atoms with Gasteiger partial charge in [-0.1, -0.05) is 57.1 Å². The molecule has 46 heavy (non-hydrogen) atoms. The maximum absolute atomic E-state index is 13.4. The first kappa shape index (κ1) is 35.8. The lowest BCUT2D eigenvalue weighted by Gasteiger charge is -2.39. The number of ether oxygens (including phenoxy) is 2. The van der Waals surface area contributed by atoms with E-state index in [-0.39, 0.29) is 31.1 Å². The molecule has 2 N–H and O–H groups in total. The second kappa shape index (κ2) is 17.2. The molecular formula is C37H55N3O6. The molecule has 4 rings (SSSR count). The largest absolute Gasteiger partial charge is 0.457 e. The van der Waals surface area contributed by atoms with Crippen LogP contribution in [0.3, 0.4) is 0 Å². The van der Waals surface area contributed by atoms with Gasteiger partial charge in [0.25, 0.3) is 0 Å². The third-order valence-corrected chi connectivity index (χ3v) is 9.79. The second-order valence-electron chi connectivity index (χ2n) is 13.7.